The molecule has 0 atom stereocenters. The maximum absolute atomic E-state index is 10.8. The van der Waals surface area contributed by atoms with Crippen LogP contribution >= 0.6 is 0 Å². The zero-order valence-corrected chi connectivity index (χ0v) is 8.60. The van der Waals surface area contributed by atoms with Crippen LogP contribution in [0.25, 0.3) is 0 Å². The molecule has 0 aliphatic heterocycles. The number of aryl methyl sites for hydroxylation is 1. The van der Waals surface area contributed by atoms with Gasteiger partial charge in [-0.05, 0) is 24.1 Å². The van der Waals surface area contributed by atoms with E-state index >= 15 is 0 Å². The summed E-state index contributed by atoms with van der Waals surface area (Å²) in [6.45, 7) is 1.70. The number of carboxylic acids is 1. The molecular formula is C10H11N3O3. The highest BCUT2D eigenvalue weighted by Crippen LogP contribution is 2.09. The molecule has 0 bridgehead atoms. The van der Waals surface area contributed by atoms with Crippen LogP contribution in [-0.4, -0.2) is 23.3 Å². The van der Waals surface area contributed by atoms with E-state index in [-0.39, 0.29) is 5.56 Å². The van der Waals surface area contributed by atoms with Gasteiger partial charge in [-0.3, -0.25) is 0 Å². The molecule has 1 aromatic carbocycles. The molecule has 6 nitrogen and oxygen atoms in total. The number of rotatable bonds is 3. The number of hydrogen-bond acceptors (Lipinski definition) is 3. The van der Waals surface area contributed by atoms with Gasteiger partial charge in [-0.15, -0.1) is 0 Å². The second kappa shape index (κ2) is 4.92. The lowest BCUT2D eigenvalue weighted by molar-refractivity contribution is 0.0696. The summed E-state index contributed by atoms with van der Waals surface area (Å²) in [7, 11) is 0. The average molecular weight is 221 g/mol. The van der Waals surface area contributed by atoms with Gasteiger partial charge >= 0.3 is 12.0 Å². The normalized spacial score (nSPS) is 10.3. The third kappa shape index (κ3) is 3.09. The van der Waals surface area contributed by atoms with Crippen LogP contribution in [0.1, 0.15) is 21.5 Å². The number of carbonyl (C=O) groups excluding carboxylic acids is 1. The number of nitrogens with one attached hydrogen (secondary N) is 1. The van der Waals surface area contributed by atoms with Crippen molar-refractivity contribution in [1.29, 1.82) is 0 Å². The van der Waals surface area contributed by atoms with E-state index < -0.39 is 12.0 Å². The Hall–Kier alpha value is -2.37. The molecular weight excluding hydrogens is 210 g/mol. The Morgan fingerprint density at radius 2 is 2.19 bits per heavy atom. The van der Waals surface area contributed by atoms with E-state index in [9.17, 15) is 9.59 Å². The van der Waals surface area contributed by atoms with E-state index in [1.807, 2.05) is 5.43 Å². The fourth-order valence-electron chi connectivity index (χ4n) is 1.12. The second-order valence-corrected chi connectivity index (χ2v) is 3.11. The lowest BCUT2D eigenvalue weighted by atomic mass is 10.1. The first kappa shape index (κ1) is 11.7. The Morgan fingerprint density at radius 1 is 1.50 bits per heavy atom. The Labute approximate surface area is 91.8 Å². The van der Waals surface area contributed by atoms with Crippen molar-refractivity contribution in [3.8, 4) is 0 Å². The summed E-state index contributed by atoms with van der Waals surface area (Å²) in [6.07, 6.45) is 1.32. The Kier molecular flexibility index (Phi) is 3.60. The Morgan fingerprint density at radius 3 is 2.75 bits per heavy atom. The topological polar surface area (TPSA) is 105 Å². The van der Waals surface area contributed by atoms with Gasteiger partial charge in [-0.25, -0.2) is 15.0 Å². The third-order valence-electron chi connectivity index (χ3n) is 1.88. The molecule has 0 radical (unpaired) electrons. The maximum Gasteiger partial charge on any atom is 0.335 e. The van der Waals surface area contributed by atoms with Crippen molar-refractivity contribution < 1.29 is 14.7 Å². The molecule has 2 amide bonds. The maximum atomic E-state index is 10.8. The summed E-state index contributed by atoms with van der Waals surface area (Å²) in [6, 6.07) is 4.04. The molecule has 4 N–H and O–H groups in total. The van der Waals surface area contributed by atoms with Crippen LogP contribution in [0.5, 0.6) is 0 Å². The number of carbonyl (C=O) groups is 2. The molecule has 84 valence electrons. The highest BCUT2D eigenvalue weighted by Gasteiger charge is 2.06. The summed E-state index contributed by atoms with van der Waals surface area (Å²) in [5, 5.41) is 12.4. The van der Waals surface area contributed by atoms with Gasteiger partial charge in [0.15, 0.2) is 0 Å². The quantitative estimate of drug-likeness (QED) is 0.516. The molecule has 1 rings (SSSR count). The van der Waals surface area contributed by atoms with Gasteiger partial charge < -0.3 is 10.8 Å². The first-order valence-corrected chi connectivity index (χ1v) is 4.43. The van der Waals surface area contributed by atoms with E-state index in [0.717, 1.165) is 0 Å². The summed E-state index contributed by atoms with van der Waals surface area (Å²) >= 11 is 0. The Balaban J connectivity index is 2.91. The second-order valence-electron chi connectivity index (χ2n) is 3.11. The number of aromatic carboxylic acids is 1. The minimum Gasteiger partial charge on any atom is -0.478 e. The first-order valence-electron chi connectivity index (χ1n) is 4.43. The standard InChI is InChI=1S/C10H11N3O3/c1-6-2-3-7(4-8(6)9(14)15)5-12-13-10(11)16/h2-5H,1H3,(H,14,15)(H3,11,13,16). The SMILES string of the molecule is Cc1ccc(C=NNC(N)=O)cc1C(=O)O. The summed E-state index contributed by atoms with van der Waals surface area (Å²) in [4.78, 5) is 21.1. The van der Waals surface area contributed by atoms with Crippen molar-refractivity contribution in [2.75, 3.05) is 0 Å². The van der Waals surface area contributed by atoms with E-state index in [1.54, 1.807) is 19.1 Å². The average Bonchev–Trinajstić information content (AvgIpc) is 2.19. The van der Waals surface area contributed by atoms with Crippen LogP contribution < -0.4 is 11.2 Å². The van der Waals surface area contributed by atoms with Crippen molar-refractivity contribution in [2.24, 2.45) is 10.8 Å². The van der Waals surface area contributed by atoms with Crippen LogP contribution in [0.3, 0.4) is 0 Å². The van der Waals surface area contributed by atoms with Crippen molar-refractivity contribution >= 4 is 18.2 Å². The predicted octanol–water partition coefficient (Wildman–Crippen LogP) is 0.695. The number of hydrazone groups is 1. The number of hydrogen-bond donors (Lipinski definition) is 3. The monoisotopic (exact) mass is 221 g/mol. The first-order chi connectivity index (χ1) is 7.50. The smallest absolute Gasteiger partial charge is 0.335 e. The Bertz CT molecular complexity index is 455. The fourth-order valence-corrected chi connectivity index (χ4v) is 1.12. The highest BCUT2D eigenvalue weighted by atomic mass is 16.4. The number of urea groups is 1. The minimum atomic E-state index is -1.00. The van der Waals surface area contributed by atoms with Crippen LogP contribution in [-0.2, 0) is 0 Å². The van der Waals surface area contributed by atoms with Crippen molar-refractivity contribution in [3.63, 3.8) is 0 Å². The molecule has 16 heavy (non-hydrogen) atoms. The van der Waals surface area contributed by atoms with Gasteiger partial charge in [0.05, 0.1) is 11.8 Å². The molecule has 1 aromatic rings. The fraction of sp³-hybridized carbons (Fsp3) is 0.100. The zero-order chi connectivity index (χ0) is 12.1. The van der Waals surface area contributed by atoms with E-state index in [4.69, 9.17) is 10.8 Å². The van der Waals surface area contributed by atoms with Crippen molar-refractivity contribution in [2.45, 2.75) is 6.92 Å². The molecule has 0 aliphatic carbocycles. The number of carboxylic acid groups (broad SMARTS) is 1. The van der Waals surface area contributed by atoms with Gasteiger partial charge in [0.1, 0.15) is 0 Å². The lowest BCUT2D eigenvalue weighted by Gasteiger charge is -2.01. The molecule has 0 spiro atoms. The third-order valence-corrected chi connectivity index (χ3v) is 1.88. The molecule has 0 heterocycles. The summed E-state index contributed by atoms with van der Waals surface area (Å²) < 4.78 is 0. The molecule has 0 unspecified atom stereocenters. The van der Waals surface area contributed by atoms with Gasteiger partial charge in [-0.2, -0.15) is 5.10 Å². The zero-order valence-electron chi connectivity index (χ0n) is 8.60. The van der Waals surface area contributed by atoms with E-state index in [1.165, 1.54) is 12.3 Å². The van der Waals surface area contributed by atoms with Crippen LogP contribution in [0, 0.1) is 6.92 Å². The van der Waals surface area contributed by atoms with Gasteiger partial charge in [0.25, 0.3) is 0 Å². The van der Waals surface area contributed by atoms with Crippen LogP contribution in [0.15, 0.2) is 23.3 Å². The minimum absolute atomic E-state index is 0.197. The number of benzene rings is 1. The van der Waals surface area contributed by atoms with Gasteiger partial charge in [0.2, 0.25) is 0 Å². The molecule has 0 saturated carbocycles. The summed E-state index contributed by atoms with van der Waals surface area (Å²) in [5.41, 5.74) is 8.24. The van der Waals surface area contributed by atoms with Crippen LogP contribution in [0.2, 0.25) is 0 Å². The molecule has 0 fully saturated rings. The number of amides is 2. The van der Waals surface area contributed by atoms with Crippen LogP contribution in [0.4, 0.5) is 4.79 Å². The predicted molar refractivity (Wildman–Crippen MR) is 58.5 cm³/mol. The molecule has 6 heteroatoms. The van der Waals surface area contributed by atoms with E-state index in [2.05, 4.69) is 5.10 Å². The van der Waals surface area contributed by atoms with Gasteiger partial charge in [-0.1, -0.05) is 12.1 Å². The largest absolute Gasteiger partial charge is 0.478 e. The number of nitrogens with zero attached hydrogens (tertiary/aromatic N) is 1. The van der Waals surface area contributed by atoms with Gasteiger partial charge in [0, 0.05) is 0 Å². The number of nitrogens with two attached hydrogens (primary N) is 1. The number of primary amides is 1. The molecule has 0 saturated heterocycles. The lowest BCUT2D eigenvalue weighted by Crippen LogP contribution is -2.24. The molecule has 0 aliphatic rings. The molecule has 0 aromatic heterocycles. The highest BCUT2D eigenvalue weighted by molar-refractivity contribution is 5.92. The van der Waals surface area contributed by atoms with Crippen molar-refractivity contribution in [1.82, 2.24) is 5.43 Å². The van der Waals surface area contributed by atoms with E-state index in [0.29, 0.717) is 11.1 Å². The van der Waals surface area contributed by atoms with Crippen molar-refractivity contribution in [3.05, 3.63) is 34.9 Å². The summed E-state index contributed by atoms with van der Waals surface area (Å²) in [5.74, 6) is -1.00.